The Morgan fingerprint density at radius 3 is 2.33 bits per heavy atom. The van der Waals surface area contributed by atoms with Gasteiger partial charge in [0.2, 0.25) is 0 Å². The molecule has 0 aliphatic heterocycles. The van der Waals surface area contributed by atoms with E-state index in [2.05, 4.69) is 0 Å². The molecule has 0 bridgehead atoms. The molecule has 1 atom stereocenters. The first-order chi connectivity index (χ1) is 12.9. The lowest BCUT2D eigenvalue weighted by atomic mass is 9.78. The summed E-state index contributed by atoms with van der Waals surface area (Å²) in [5.74, 6) is 0.375. The monoisotopic (exact) mass is 396 g/mol. The fraction of sp³-hybridized carbons (Fsp3) is 0.429. The highest BCUT2D eigenvalue weighted by molar-refractivity contribution is 6.18. The van der Waals surface area contributed by atoms with Crippen LogP contribution in [0.15, 0.2) is 42.5 Å². The SMILES string of the molecule is CC(C)(c1ccc(OCCCO)cc1)c1ccc(OC[C@@H](O)CCl)c(F)c1. The predicted octanol–water partition coefficient (Wildman–Crippen LogP) is 3.89. The van der Waals surface area contributed by atoms with Gasteiger partial charge >= 0.3 is 0 Å². The van der Waals surface area contributed by atoms with Gasteiger partial charge in [-0.2, -0.15) is 0 Å². The Kier molecular flexibility index (Phi) is 7.90. The van der Waals surface area contributed by atoms with E-state index in [1.807, 2.05) is 44.2 Å². The van der Waals surface area contributed by atoms with Crippen molar-refractivity contribution in [2.75, 3.05) is 25.7 Å². The molecule has 27 heavy (non-hydrogen) atoms. The second-order valence-corrected chi connectivity index (χ2v) is 7.15. The average molecular weight is 397 g/mol. The van der Waals surface area contributed by atoms with Crippen molar-refractivity contribution in [1.82, 2.24) is 0 Å². The Hall–Kier alpha value is -1.82. The Balaban J connectivity index is 2.12. The van der Waals surface area contributed by atoms with E-state index in [1.54, 1.807) is 6.07 Å². The Morgan fingerprint density at radius 2 is 1.74 bits per heavy atom. The molecule has 0 saturated heterocycles. The second kappa shape index (κ2) is 9.93. The number of hydrogen-bond acceptors (Lipinski definition) is 4. The minimum atomic E-state index is -0.833. The van der Waals surface area contributed by atoms with E-state index in [9.17, 15) is 9.50 Å². The molecule has 0 aromatic heterocycles. The van der Waals surface area contributed by atoms with Crippen LogP contribution in [0.3, 0.4) is 0 Å². The molecule has 0 aliphatic carbocycles. The van der Waals surface area contributed by atoms with E-state index < -0.39 is 17.3 Å². The molecule has 0 aliphatic rings. The second-order valence-electron chi connectivity index (χ2n) is 6.84. The molecule has 0 saturated carbocycles. The van der Waals surface area contributed by atoms with Gasteiger partial charge in [0.25, 0.3) is 0 Å². The van der Waals surface area contributed by atoms with Crippen LogP contribution >= 0.6 is 11.6 Å². The van der Waals surface area contributed by atoms with Crippen molar-refractivity contribution >= 4 is 11.6 Å². The van der Waals surface area contributed by atoms with Crippen molar-refractivity contribution in [3.8, 4) is 11.5 Å². The van der Waals surface area contributed by atoms with E-state index >= 15 is 0 Å². The predicted molar refractivity (Wildman–Crippen MR) is 104 cm³/mol. The van der Waals surface area contributed by atoms with Crippen LogP contribution < -0.4 is 9.47 Å². The molecule has 2 rings (SSSR count). The first kappa shape index (κ1) is 21.5. The Labute approximate surface area is 164 Å². The third-order valence-electron chi connectivity index (χ3n) is 4.41. The number of alkyl halides is 1. The van der Waals surface area contributed by atoms with E-state index in [-0.39, 0.29) is 24.8 Å². The lowest BCUT2D eigenvalue weighted by molar-refractivity contribution is 0.122. The van der Waals surface area contributed by atoms with Crippen molar-refractivity contribution in [1.29, 1.82) is 0 Å². The fourth-order valence-corrected chi connectivity index (χ4v) is 2.72. The van der Waals surface area contributed by atoms with Gasteiger partial charge in [-0.3, -0.25) is 0 Å². The van der Waals surface area contributed by atoms with Crippen molar-refractivity contribution < 1.29 is 24.1 Å². The molecule has 0 spiro atoms. The number of hydrogen-bond donors (Lipinski definition) is 2. The molecular weight excluding hydrogens is 371 g/mol. The summed E-state index contributed by atoms with van der Waals surface area (Å²) < 4.78 is 25.2. The minimum absolute atomic E-state index is 0.0342. The van der Waals surface area contributed by atoms with Gasteiger partial charge in [0, 0.05) is 18.4 Å². The first-order valence-electron chi connectivity index (χ1n) is 8.89. The van der Waals surface area contributed by atoms with E-state index in [1.165, 1.54) is 6.07 Å². The van der Waals surface area contributed by atoms with Crippen LogP contribution in [-0.4, -0.2) is 42.0 Å². The van der Waals surface area contributed by atoms with Crippen molar-refractivity contribution in [3.63, 3.8) is 0 Å². The van der Waals surface area contributed by atoms with Gasteiger partial charge in [-0.1, -0.05) is 32.0 Å². The molecule has 6 heteroatoms. The normalized spacial score (nSPS) is 12.7. The number of aliphatic hydroxyl groups is 2. The van der Waals surface area contributed by atoms with E-state index in [4.69, 9.17) is 26.2 Å². The third kappa shape index (κ3) is 5.83. The van der Waals surface area contributed by atoms with Crippen LogP contribution in [0.25, 0.3) is 0 Å². The zero-order valence-electron chi connectivity index (χ0n) is 15.6. The molecule has 2 aromatic rings. The molecule has 4 nitrogen and oxygen atoms in total. The summed E-state index contributed by atoms with van der Waals surface area (Å²) in [6.07, 6.45) is -0.247. The van der Waals surface area contributed by atoms with Gasteiger partial charge in [0.1, 0.15) is 18.5 Å². The zero-order valence-corrected chi connectivity index (χ0v) is 16.4. The smallest absolute Gasteiger partial charge is 0.165 e. The quantitative estimate of drug-likeness (QED) is 0.472. The minimum Gasteiger partial charge on any atom is -0.494 e. The van der Waals surface area contributed by atoms with Crippen LogP contribution in [0.2, 0.25) is 0 Å². The average Bonchev–Trinajstić information content (AvgIpc) is 2.67. The van der Waals surface area contributed by atoms with Gasteiger partial charge in [-0.05, 0) is 35.4 Å². The molecule has 0 fully saturated rings. The lowest BCUT2D eigenvalue weighted by Gasteiger charge is -2.27. The summed E-state index contributed by atoms with van der Waals surface area (Å²) in [5, 5.41) is 18.2. The van der Waals surface area contributed by atoms with Crippen molar-refractivity contribution in [2.24, 2.45) is 0 Å². The Bertz CT molecular complexity index is 719. The molecule has 0 heterocycles. The maximum Gasteiger partial charge on any atom is 0.165 e. The van der Waals surface area contributed by atoms with Crippen LogP contribution in [-0.2, 0) is 5.41 Å². The largest absolute Gasteiger partial charge is 0.494 e. The molecular formula is C21H26ClFO4. The molecule has 2 N–H and O–H groups in total. The molecule has 2 aromatic carbocycles. The summed E-state index contributed by atoms with van der Waals surface area (Å²) in [7, 11) is 0. The van der Waals surface area contributed by atoms with Gasteiger partial charge in [0.05, 0.1) is 12.5 Å². The maximum atomic E-state index is 14.4. The highest BCUT2D eigenvalue weighted by Crippen LogP contribution is 2.34. The van der Waals surface area contributed by atoms with Gasteiger partial charge in [-0.25, -0.2) is 4.39 Å². The first-order valence-corrected chi connectivity index (χ1v) is 9.43. The number of halogens is 2. The lowest BCUT2D eigenvalue weighted by Crippen LogP contribution is -2.21. The molecule has 0 unspecified atom stereocenters. The van der Waals surface area contributed by atoms with Gasteiger partial charge in [0.15, 0.2) is 11.6 Å². The number of aliphatic hydroxyl groups excluding tert-OH is 2. The summed E-state index contributed by atoms with van der Waals surface area (Å²) >= 11 is 5.51. The summed E-state index contributed by atoms with van der Waals surface area (Å²) in [4.78, 5) is 0. The molecule has 148 valence electrons. The van der Waals surface area contributed by atoms with Gasteiger partial charge < -0.3 is 19.7 Å². The van der Waals surface area contributed by atoms with E-state index in [0.717, 1.165) is 16.9 Å². The topological polar surface area (TPSA) is 58.9 Å². The Morgan fingerprint density at radius 1 is 1.07 bits per heavy atom. The van der Waals surface area contributed by atoms with E-state index in [0.29, 0.717) is 13.0 Å². The number of ether oxygens (including phenoxy) is 2. The van der Waals surface area contributed by atoms with Crippen molar-refractivity contribution in [2.45, 2.75) is 31.8 Å². The number of rotatable bonds is 10. The molecule has 0 radical (unpaired) electrons. The highest BCUT2D eigenvalue weighted by Gasteiger charge is 2.24. The van der Waals surface area contributed by atoms with Crippen LogP contribution in [0.1, 0.15) is 31.4 Å². The van der Waals surface area contributed by atoms with Crippen LogP contribution in [0.4, 0.5) is 4.39 Å². The van der Waals surface area contributed by atoms with Crippen LogP contribution in [0.5, 0.6) is 11.5 Å². The maximum absolute atomic E-state index is 14.4. The third-order valence-corrected chi connectivity index (χ3v) is 4.77. The molecule has 0 amide bonds. The fourth-order valence-electron chi connectivity index (χ4n) is 2.63. The summed E-state index contributed by atoms with van der Waals surface area (Å²) in [6.45, 7) is 4.54. The summed E-state index contributed by atoms with van der Waals surface area (Å²) in [5.41, 5.74) is 1.40. The summed E-state index contributed by atoms with van der Waals surface area (Å²) in [6, 6.07) is 12.5. The van der Waals surface area contributed by atoms with Gasteiger partial charge in [-0.15, -0.1) is 11.6 Å². The van der Waals surface area contributed by atoms with Crippen LogP contribution in [0, 0.1) is 5.82 Å². The highest BCUT2D eigenvalue weighted by atomic mass is 35.5. The zero-order chi connectivity index (χ0) is 19.9. The van der Waals surface area contributed by atoms with Crippen molar-refractivity contribution in [3.05, 3.63) is 59.4 Å². The standard InChI is InChI=1S/C21H26ClFO4/c1-21(2,15-4-7-18(8-5-15)26-11-3-10-24)16-6-9-20(19(23)12-16)27-14-17(25)13-22/h4-9,12,17,24-25H,3,10-11,13-14H2,1-2H3/t17-/m0/s1. The number of benzene rings is 2.